The first-order valence-electron chi connectivity index (χ1n) is 6.84. The number of piperidine rings is 1. The van der Waals surface area contributed by atoms with Crippen LogP contribution in [0.4, 0.5) is 0 Å². The number of likely N-dealkylation sites (tertiary alicyclic amines) is 1. The fraction of sp³-hybridized carbons (Fsp3) is 0.923. The van der Waals surface area contributed by atoms with Crippen molar-refractivity contribution in [3.05, 3.63) is 0 Å². The van der Waals surface area contributed by atoms with Gasteiger partial charge in [0.05, 0.1) is 0 Å². The van der Waals surface area contributed by atoms with Gasteiger partial charge in [-0.25, -0.2) is 0 Å². The molecule has 0 radical (unpaired) electrons. The van der Waals surface area contributed by atoms with Crippen LogP contribution in [0.3, 0.4) is 0 Å². The summed E-state index contributed by atoms with van der Waals surface area (Å²) in [6, 6.07) is 0.384. The molecule has 0 aromatic rings. The van der Waals surface area contributed by atoms with Gasteiger partial charge in [-0.05, 0) is 32.9 Å². The van der Waals surface area contributed by atoms with Crippen LogP contribution in [0.2, 0.25) is 0 Å². The average Bonchev–Trinajstić information content (AvgIpc) is 2.32. The van der Waals surface area contributed by atoms with Crippen LogP contribution in [0.25, 0.3) is 0 Å². The van der Waals surface area contributed by atoms with Crippen LogP contribution < -0.4 is 10.6 Å². The Balaban J connectivity index is 0. The highest BCUT2D eigenvalue weighted by atomic mass is 35.5. The summed E-state index contributed by atoms with van der Waals surface area (Å²) in [5.41, 5.74) is 0. The van der Waals surface area contributed by atoms with Gasteiger partial charge < -0.3 is 15.5 Å². The van der Waals surface area contributed by atoms with E-state index in [1.807, 2.05) is 14.0 Å². The van der Waals surface area contributed by atoms with Gasteiger partial charge in [-0.2, -0.15) is 0 Å². The van der Waals surface area contributed by atoms with E-state index >= 15 is 0 Å². The molecule has 0 aromatic heterocycles. The molecule has 1 unspecified atom stereocenters. The van der Waals surface area contributed by atoms with E-state index in [1.165, 1.54) is 13.0 Å². The van der Waals surface area contributed by atoms with Crippen molar-refractivity contribution in [1.82, 2.24) is 15.5 Å². The smallest absolute Gasteiger partial charge is 0.224 e. The van der Waals surface area contributed by atoms with Crippen molar-refractivity contribution in [2.24, 2.45) is 5.92 Å². The second-order valence-electron chi connectivity index (χ2n) is 5.08. The molecule has 1 atom stereocenters. The quantitative estimate of drug-likeness (QED) is 0.784. The van der Waals surface area contributed by atoms with E-state index in [1.54, 1.807) is 0 Å². The SMILES string of the molecule is CCCN1CCC(NC(=O)C(C)CNC)CC1.Cl.Cl. The average molecular weight is 314 g/mol. The van der Waals surface area contributed by atoms with Crippen molar-refractivity contribution in [2.45, 2.75) is 39.2 Å². The first kappa shape index (κ1) is 21.3. The van der Waals surface area contributed by atoms with E-state index in [4.69, 9.17) is 0 Å². The number of hydrogen-bond donors (Lipinski definition) is 2. The third-order valence-corrected chi connectivity index (χ3v) is 3.43. The maximum atomic E-state index is 11.8. The zero-order chi connectivity index (χ0) is 12.7. The minimum absolute atomic E-state index is 0. The molecule has 4 nitrogen and oxygen atoms in total. The van der Waals surface area contributed by atoms with E-state index in [0.717, 1.165) is 32.5 Å². The molecule has 2 N–H and O–H groups in total. The van der Waals surface area contributed by atoms with E-state index < -0.39 is 0 Å². The van der Waals surface area contributed by atoms with Crippen molar-refractivity contribution >= 4 is 30.7 Å². The molecule has 1 aliphatic heterocycles. The summed E-state index contributed by atoms with van der Waals surface area (Å²) in [5, 5.41) is 6.20. The van der Waals surface area contributed by atoms with Crippen LogP contribution in [-0.4, -0.2) is 50.1 Å². The molecule has 1 amide bonds. The second-order valence-corrected chi connectivity index (χ2v) is 5.08. The molecule has 1 heterocycles. The summed E-state index contributed by atoms with van der Waals surface area (Å²) in [7, 11) is 1.88. The van der Waals surface area contributed by atoms with E-state index in [0.29, 0.717) is 6.04 Å². The van der Waals surface area contributed by atoms with E-state index in [9.17, 15) is 4.79 Å². The van der Waals surface area contributed by atoms with Gasteiger partial charge in [-0.15, -0.1) is 24.8 Å². The number of nitrogens with zero attached hydrogens (tertiary/aromatic N) is 1. The summed E-state index contributed by atoms with van der Waals surface area (Å²) in [5.74, 6) is 0.252. The summed E-state index contributed by atoms with van der Waals surface area (Å²) < 4.78 is 0. The molecule has 6 heteroatoms. The number of carbonyl (C=O) groups is 1. The highest BCUT2D eigenvalue weighted by Crippen LogP contribution is 2.11. The highest BCUT2D eigenvalue weighted by molar-refractivity contribution is 5.85. The Bertz CT molecular complexity index is 234. The Kier molecular flexibility index (Phi) is 13.2. The highest BCUT2D eigenvalue weighted by Gasteiger charge is 2.21. The zero-order valence-electron chi connectivity index (χ0n) is 12.3. The van der Waals surface area contributed by atoms with Gasteiger partial charge in [-0.1, -0.05) is 13.8 Å². The molecule has 1 aliphatic rings. The molecule has 116 valence electrons. The largest absolute Gasteiger partial charge is 0.353 e. The Hall–Kier alpha value is -0.0300. The fourth-order valence-electron chi connectivity index (χ4n) is 2.36. The molecule has 0 spiro atoms. The Labute approximate surface area is 129 Å². The normalized spacial score (nSPS) is 18.1. The van der Waals surface area contributed by atoms with E-state index in [-0.39, 0.29) is 36.6 Å². The van der Waals surface area contributed by atoms with Gasteiger partial charge in [0.2, 0.25) is 5.91 Å². The molecule has 1 fully saturated rings. The van der Waals surface area contributed by atoms with Crippen LogP contribution in [-0.2, 0) is 4.79 Å². The van der Waals surface area contributed by atoms with Crippen LogP contribution in [0.15, 0.2) is 0 Å². The lowest BCUT2D eigenvalue weighted by atomic mass is 10.0. The number of amides is 1. The first-order valence-corrected chi connectivity index (χ1v) is 6.84. The number of halogens is 2. The van der Waals surface area contributed by atoms with Gasteiger partial charge in [-0.3, -0.25) is 4.79 Å². The van der Waals surface area contributed by atoms with Crippen molar-refractivity contribution < 1.29 is 4.79 Å². The first-order chi connectivity index (χ1) is 8.17. The van der Waals surface area contributed by atoms with Gasteiger partial charge in [0.25, 0.3) is 0 Å². The third-order valence-electron chi connectivity index (χ3n) is 3.43. The fourth-order valence-corrected chi connectivity index (χ4v) is 2.36. The summed E-state index contributed by atoms with van der Waals surface area (Å²) >= 11 is 0. The molecule has 0 aromatic carbocycles. The van der Waals surface area contributed by atoms with Crippen molar-refractivity contribution in [3.63, 3.8) is 0 Å². The summed E-state index contributed by atoms with van der Waals surface area (Å²) in [4.78, 5) is 14.3. The predicted molar refractivity (Wildman–Crippen MR) is 85.5 cm³/mol. The summed E-state index contributed by atoms with van der Waals surface area (Å²) in [6.45, 7) is 8.38. The Morgan fingerprint density at radius 3 is 2.37 bits per heavy atom. The molecule has 19 heavy (non-hydrogen) atoms. The lowest BCUT2D eigenvalue weighted by Gasteiger charge is -2.32. The van der Waals surface area contributed by atoms with E-state index in [2.05, 4.69) is 22.5 Å². The maximum Gasteiger partial charge on any atom is 0.224 e. The maximum absolute atomic E-state index is 11.8. The molecule has 1 rings (SSSR count). The molecule has 1 saturated heterocycles. The number of nitrogens with one attached hydrogen (secondary N) is 2. The minimum Gasteiger partial charge on any atom is -0.353 e. The van der Waals surface area contributed by atoms with Gasteiger partial charge >= 0.3 is 0 Å². The van der Waals surface area contributed by atoms with Crippen LogP contribution in [0.1, 0.15) is 33.1 Å². The van der Waals surface area contributed by atoms with Crippen molar-refractivity contribution in [2.75, 3.05) is 33.2 Å². The standard InChI is InChI=1S/C13H27N3O.2ClH/c1-4-7-16-8-5-12(6-9-16)15-13(17)11(2)10-14-3;;/h11-12,14H,4-10H2,1-3H3,(H,15,17);2*1H. The van der Waals surface area contributed by atoms with Gasteiger partial charge in [0.15, 0.2) is 0 Å². The molecule has 0 aliphatic carbocycles. The molecule has 0 bridgehead atoms. The molecular formula is C13H29Cl2N3O. The summed E-state index contributed by atoms with van der Waals surface area (Å²) in [6.07, 6.45) is 3.41. The van der Waals surface area contributed by atoms with Crippen molar-refractivity contribution in [3.8, 4) is 0 Å². The second kappa shape index (κ2) is 11.8. The van der Waals surface area contributed by atoms with Crippen LogP contribution in [0.5, 0.6) is 0 Å². The Morgan fingerprint density at radius 2 is 1.89 bits per heavy atom. The molecular weight excluding hydrogens is 285 g/mol. The Morgan fingerprint density at radius 1 is 1.32 bits per heavy atom. The zero-order valence-corrected chi connectivity index (χ0v) is 13.9. The van der Waals surface area contributed by atoms with Gasteiger partial charge in [0.1, 0.15) is 0 Å². The lowest BCUT2D eigenvalue weighted by molar-refractivity contribution is -0.125. The van der Waals surface area contributed by atoms with Gasteiger partial charge in [0, 0.05) is 31.6 Å². The number of hydrogen-bond acceptors (Lipinski definition) is 3. The monoisotopic (exact) mass is 313 g/mol. The predicted octanol–water partition coefficient (Wildman–Crippen LogP) is 1.68. The lowest BCUT2D eigenvalue weighted by Crippen LogP contribution is -2.47. The number of carbonyl (C=O) groups excluding carboxylic acids is 1. The number of rotatable bonds is 6. The topological polar surface area (TPSA) is 44.4 Å². The minimum atomic E-state index is 0. The van der Waals surface area contributed by atoms with Crippen LogP contribution >= 0.6 is 24.8 Å². The van der Waals surface area contributed by atoms with Crippen molar-refractivity contribution in [1.29, 1.82) is 0 Å². The third kappa shape index (κ3) is 7.98. The van der Waals surface area contributed by atoms with Crippen LogP contribution in [0, 0.1) is 5.92 Å². The molecule has 0 saturated carbocycles.